The fourth-order valence-electron chi connectivity index (χ4n) is 3.17. The number of amides is 1. The van der Waals surface area contributed by atoms with Gasteiger partial charge in [-0.25, -0.2) is 9.07 Å². The van der Waals surface area contributed by atoms with Crippen molar-refractivity contribution in [3.8, 4) is 28.4 Å². The van der Waals surface area contributed by atoms with E-state index in [-0.39, 0.29) is 24.9 Å². The number of para-hydroxylation sites is 1. The third kappa shape index (κ3) is 5.13. The van der Waals surface area contributed by atoms with Gasteiger partial charge in [-0.05, 0) is 60.7 Å². The lowest BCUT2D eigenvalue weighted by molar-refractivity contribution is -0.123. The maximum atomic E-state index is 13.4. The normalized spacial score (nSPS) is 10.6. The SMILES string of the molecule is COc1ccc(OCC(=O)NCc2cn(-c3ccccc3)nc2-c2ccc(F)cc2)cc1. The molecule has 32 heavy (non-hydrogen) atoms. The molecule has 0 saturated carbocycles. The summed E-state index contributed by atoms with van der Waals surface area (Å²) < 4.78 is 25.8. The summed E-state index contributed by atoms with van der Waals surface area (Å²) in [5.41, 5.74) is 3.12. The van der Waals surface area contributed by atoms with E-state index in [9.17, 15) is 9.18 Å². The molecular weight excluding hydrogens is 409 g/mol. The number of nitrogens with one attached hydrogen (secondary N) is 1. The van der Waals surface area contributed by atoms with Crippen molar-refractivity contribution in [2.24, 2.45) is 0 Å². The van der Waals surface area contributed by atoms with Crippen LogP contribution in [-0.4, -0.2) is 29.4 Å². The summed E-state index contributed by atoms with van der Waals surface area (Å²) in [4.78, 5) is 12.3. The number of benzene rings is 3. The van der Waals surface area contributed by atoms with Gasteiger partial charge in [-0.15, -0.1) is 0 Å². The van der Waals surface area contributed by atoms with E-state index in [0.29, 0.717) is 17.2 Å². The number of carbonyl (C=O) groups is 1. The summed E-state index contributed by atoms with van der Waals surface area (Å²) in [7, 11) is 1.59. The molecule has 1 heterocycles. The van der Waals surface area contributed by atoms with Gasteiger partial charge in [-0.1, -0.05) is 18.2 Å². The van der Waals surface area contributed by atoms with Gasteiger partial charge in [0.2, 0.25) is 0 Å². The maximum absolute atomic E-state index is 13.4. The Bertz CT molecular complexity index is 1170. The number of nitrogens with zero attached hydrogens (tertiary/aromatic N) is 2. The molecule has 1 amide bonds. The number of carbonyl (C=O) groups excluding carboxylic acids is 1. The zero-order chi connectivity index (χ0) is 22.3. The van der Waals surface area contributed by atoms with Gasteiger partial charge in [-0.3, -0.25) is 4.79 Å². The lowest BCUT2D eigenvalue weighted by Crippen LogP contribution is -2.28. The molecule has 0 aliphatic heterocycles. The van der Waals surface area contributed by atoms with Crippen LogP contribution < -0.4 is 14.8 Å². The zero-order valence-corrected chi connectivity index (χ0v) is 17.5. The summed E-state index contributed by atoms with van der Waals surface area (Å²) in [5, 5.41) is 7.53. The highest BCUT2D eigenvalue weighted by molar-refractivity contribution is 5.78. The third-order valence-electron chi connectivity index (χ3n) is 4.83. The molecule has 162 valence electrons. The van der Waals surface area contributed by atoms with Crippen LogP contribution in [0, 0.1) is 5.82 Å². The predicted octanol–water partition coefficient (Wildman–Crippen LogP) is 4.38. The Morgan fingerprint density at radius 1 is 0.969 bits per heavy atom. The second-order valence-electron chi connectivity index (χ2n) is 7.03. The van der Waals surface area contributed by atoms with Crippen molar-refractivity contribution < 1.29 is 18.7 Å². The minimum Gasteiger partial charge on any atom is -0.497 e. The largest absolute Gasteiger partial charge is 0.497 e. The molecular formula is C25H22FN3O3. The van der Waals surface area contributed by atoms with Crippen LogP contribution in [0.1, 0.15) is 5.56 Å². The molecule has 7 heteroatoms. The molecule has 0 aliphatic rings. The first-order valence-corrected chi connectivity index (χ1v) is 10.1. The highest BCUT2D eigenvalue weighted by atomic mass is 19.1. The van der Waals surface area contributed by atoms with Gasteiger partial charge in [0.25, 0.3) is 5.91 Å². The summed E-state index contributed by atoms with van der Waals surface area (Å²) in [6.07, 6.45) is 1.86. The van der Waals surface area contributed by atoms with Crippen LogP contribution in [0.15, 0.2) is 85.1 Å². The van der Waals surface area contributed by atoms with Crippen LogP contribution in [0.3, 0.4) is 0 Å². The van der Waals surface area contributed by atoms with Crippen molar-refractivity contribution in [2.45, 2.75) is 6.54 Å². The van der Waals surface area contributed by atoms with Crippen LogP contribution in [-0.2, 0) is 11.3 Å². The van der Waals surface area contributed by atoms with Crippen LogP contribution in [0.25, 0.3) is 16.9 Å². The summed E-state index contributed by atoms with van der Waals surface area (Å²) in [6, 6.07) is 22.8. The molecule has 0 radical (unpaired) electrons. The Morgan fingerprint density at radius 3 is 2.34 bits per heavy atom. The molecule has 1 N–H and O–H groups in total. The monoisotopic (exact) mass is 431 g/mol. The minimum absolute atomic E-state index is 0.120. The van der Waals surface area contributed by atoms with Crippen molar-refractivity contribution in [1.82, 2.24) is 15.1 Å². The molecule has 3 aromatic carbocycles. The second-order valence-corrected chi connectivity index (χ2v) is 7.03. The Morgan fingerprint density at radius 2 is 1.66 bits per heavy atom. The number of halogens is 1. The smallest absolute Gasteiger partial charge is 0.258 e. The van der Waals surface area contributed by atoms with Gasteiger partial charge in [0.1, 0.15) is 17.3 Å². The van der Waals surface area contributed by atoms with Gasteiger partial charge in [-0.2, -0.15) is 5.10 Å². The molecule has 4 aromatic rings. The lowest BCUT2D eigenvalue weighted by Gasteiger charge is -2.08. The Kier molecular flexibility index (Phi) is 6.46. The number of hydrogen-bond acceptors (Lipinski definition) is 4. The van der Waals surface area contributed by atoms with Crippen LogP contribution in [0.2, 0.25) is 0 Å². The Labute approximate surface area is 185 Å². The molecule has 0 unspecified atom stereocenters. The first-order chi connectivity index (χ1) is 15.6. The van der Waals surface area contributed by atoms with Gasteiger partial charge in [0, 0.05) is 23.9 Å². The van der Waals surface area contributed by atoms with E-state index in [1.165, 1.54) is 12.1 Å². The standard InChI is InChI=1S/C25H22FN3O3/c1-31-22-11-13-23(14-12-22)32-17-24(30)27-15-19-16-29(21-5-3-2-4-6-21)28-25(19)18-7-9-20(26)10-8-18/h2-14,16H,15,17H2,1H3,(H,27,30). The number of aromatic nitrogens is 2. The maximum Gasteiger partial charge on any atom is 0.258 e. The lowest BCUT2D eigenvalue weighted by atomic mass is 10.1. The summed E-state index contributed by atoms with van der Waals surface area (Å²) in [5.74, 6) is 0.704. The first-order valence-electron chi connectivity index (χ1n) is 10.1. The van der Waals surface area contributed by atoms with Crippen molar-refractivity contribution in [3.05, 3.63) is 96.4 Å². The van der Waals surface area contributed by atoms with E-state index in [1.54, 1.807) is 48.2 Å². The fraction of sp³-hybridized carbons (Fsp3) is 0.120. The summed E-state index contributed by atoms with van der Waals surface area (Å²) >= 11 is 0. The number of methoxy groups -OCH3 is 1. The highest BCUT2D eigenvalue weighted by Gasteiger charge is 2.14. The van der Waals surface area contributed by atoms with Crippen molar-refractivity contribution >= 4 is 5.91 Å². The van der Waals surface area contributed by atoms with E-state index in [1.807, 2.05) is 36.5 Å². The van der Waals surface area contributed by atoms with Crippen molar-refractivity contribution in [3.63, 3.8) is 0 Å². The van der Waals surface area contributed by atoms with E-state index in [4.69, 9.17) is 9.47 Å². The molecule has 1 aromatic heterocycles. The van der Waals surface area contributed by atoms with Crippen LogP contribution in [0.5, 0.6) is 11.5 Å². The minimum atomic E-state index is -0.318. The number of hydrogen-bond donors (Lipinski definition) is 1. The second kappa shape index (κ2) is 9.78. The topological polar surface area (TPSA) is 65.4 Å². The molecule has 0 spiro atoms. The Balaban J connectivity index is 1.47. The molecule has 0 fully saturated rings. The molecule has 4 rings (SSSR count). The van der Waals surface area contributed by atoms with E-state index >= 15 is 0 Å². The van der Waals surface area contributed by atoms with Gasteiger partial charge in [0.05, 0.1) is 18.5 Å². The summed E-state index contributed by atoms with van der Waals surface area (Å²) in [6.45, 7) is 0.134. The van der Waals surface area contributed by atoms with Crippen molar-refractivity contribution in [2.75, 3.05) is 13.7 Å². The first kappa shape index (κ1) is 21.1. The third-order valence-corrected chi connectivity index (χ3v) is 4.83. The van der Waals surface area contributed by atoms with E-state index < -0.39 is 0 Å². The van der Waals surface area contributed by atoms with Crippen molar-refractivity contribution in [1.29, 1.82) is 0 Å². The molecule has 0 bridgehead atoms. The van der Waals surface area contributed by atoms with Gasteiger partial charge < -0.3 is 14.8 Å². The fourth-order valence-corrected chi connectivity index (χ4v) is 3.17. The Hall–Kier alpha value is -4.13. The molecule has 0 saturated heterocycles. The molecule has 0 atom stereocenters. The van der Waals surface area contributed by atoms with Crippen LogP contribution >= 0.6 is 0 Å². The molecule has 6 nitrogen and oxygen atoms in total. The van der Waals surface area contributed by atoms with E-state index in [0.717, 1.165) is 16.8 Å². The van der Waals surface area contributed by atoms with Gasteiger partial charge in [0.15, 0.2) is 6.61 Å². The van der Waals surface area contributed by atoms with E-state index in [2.05, 4.69) is 10.4 Å². The van der Waals surface area contributed by atoms with Gasteiger partial charge >= 0.3 is 0 Å². The zero-order valence-electron chi connectivity index (χ0n) is 17.5. The average Bonchev–Trinajstić information content (AvgIpc) is 3.27. The average molecular weight is 431 g/mol. The molecule has 0 aliphatic carbocycles. The number of ether oxygens (including phenoxy) is 2. The van der Waals surface area contributed by atoms with Crippen LogP contribution in [0.4, 0.5) is 4.39 Å². The quantitative estimate of drug-likeness (QED) is 0.450. The number of rotatable bonds is 8. The predicted molar refractivity (Wildman–Crippen MR) is 119 cm³/mol. The highest BCUT2D eigenvalue weighted by Crippen LogP contribution is 2.24.